The Labute approximate surface area is 178 Å². The van der Waals surface area contributed by atoms with Gasteiger partial charge in [-0.2, -0.15) is 10.2 Å². The molecule has 0 bridgehead atoms. The summed E-state index contributed by atoms with van der Waals surface area (Å²) in [5, 5.41) is 11.7. The van der Waals surface area contributed by atoms with Crippen LogP contribution in [-0.2, 0) is 4.79 Å². The van der Waals surface area contributed by atoms with Crippen molar-refractivity contribution >= 4 is 23.2 Å². The quantitative estimate of drug-likeness (QED) is 0.549. The summed E-state index contributed by atoms with van der Waals surface area (Å²) in [6.07, 6.45) is 9.47. The van der Waals surface area contributed by atoms with Crippen molar-refractivity contribution < 1.29 is 9.59 Å². The molecule has 0 aliphatic heterocycles. The minimum absolute atomic E-state index is 0.296. The summed E-state index contributed by atoms with van der Waals surface area (Å²) < 4.78 is 3.34. The molecule has 1 saturated carbocycles. The molecule has 5 rings (SSSR count). The number of anilines is 1. The summed E-state index contributed by atoms with van der Waals surface area (Å²) in [4.78, 5) is 29.0. The minimum Gasteiger partial charge on any atom is -0.306 e. The van der Waals surface area contributed by atoms with Crippen LogP contribution in [0.5, 0.6) is 0 Å². The average Bonchev–Trinajstić information content (AvgIpc) is 3.41. The second kappa shape index (κ2) is 7.79. The Kier molecular flexibility index (Phi) is 4.82. The molecule has 3 heterocycles. The molecule has 4 aromatic rings. The highest BCUT2D eigenvalue weighted by atomic mass is 16.2. The van der Waals surface area contributed by atoms with Crippen LogP contribution in [0, 0.1) is 6.92 Å². The highest BCUT2D eigenvalue weighted by Gasteiger charge is 2.25. The van der Waals surface area contributed by atoms with Gasteiger partial charge < -0.3 is 5.32 Å². The molecular weight excluding hydrogens is 392 g/mol. The summed E-state index contributed by atoms with van der Waals surface area (Å²) in [7, 11) is 0. The molecular formula is C23H22N6O2. The molecule has 1 aliphatic rings. The van der Waals surface area contributed by atoms with E-state index in [0.29, 0.717) is 41.6 Å². The number of amides is 1. The average molecular weight is 414 g/mol. The van der Waals surface area contributed by atoms with E-state index in [1.54, 1.807) is 39.9 Å². The minimum atomic E-state index is -0.297. The van der Waals surface area contributed by atoms with Crippen molar-refractivity contribution in [3.63, 3.8) is 0 Å². The number of para-hydroxylation sites is 1. The highest BCUT2D eigenvalue weighted by molar-refractivity contribution is 6.07. The van der Waals surface area contributed by atoms with E-state index >= 15 is 0 Å². The van der Waals surface area contributed by atoms with Crippen LogP contribution in [0.2, 0.25) is 0 Å². The summed E-state index contributed by atoms with van der Waals surface area (Å²) in [5.74, 6) is 0.903. The van der Waals surface area contributed by atoms with E-state index in [1.165, 1.54) is 6.20 Å². The predicted molar refractivity (Wildman–Crippen MR) is 115 cm³/mol. The monoisotopic (exact) mass is 414 g/mol. The van der Waals surface area contributed by atoms with Crippen molar-refractivity contribution in [2.75, 3.05) is 5.32 Å². The highest BCUT2D eigenvalue weighted by Crippen LogP contribution is 2.36. The third-order valence-corrected chi connectivity index (χ3v) is 5.87. The fourth-order valence-electron chi connectivity index (χ4n) is 4.30. The van der Waals surface area contributed by atoms with Crippen molar-refractivity contribution in [1.29, 1.82) is 0 Å². The third kappa shape index (κ3) is 3.50. The van der Waals surface area contributed by atoms with Gasteiger partial charge in [-0.15, -0.1) is 0 Å². The van der Waals surface area contributed by atoms with Crippen LogP contribution in [-0.4, -0.2) is 36.1 Å². The van der Waals surface area contributed by atoms with Crippen LogP contribution < -0.4 is 5.32 Å². The number of nitrogens with one attached hydrogen (secondary N) is 1. The van der Waals surface area contributed by atoms with Crippen LogP contribution in [0.15, 0.2) is 55.1 Å². The summed E-state index contributed by atoms with van der Waals surface area (Å²) in [6.45, 7) is 2.04. The van der Waals surface area contributed by atoms with Gasteiger partial charge in [-0.25, -0.2) is 14.2 Å². The molecule has 31 heavy (non-hydrogen) atoms. The molecule has 8 heteroatoms. The number of Topliss-reactive ketones (excluding diaryl/α,β-unsaturated/α-hetero) is 1. The van der Waals surface area contributed by atoms with Gasteiger partial charge in [0.15, 0.2) is 5.65 Å². The van der Waals surface area contributed by atoms with Crippen LogP contribution >= 0.6 is 0 Å². The standard InChI is InChI=1S/C23H22N6O2/c1-15-4-2-5-18(16-6-8-17(30)9-7-16)21(15)29-20(10-12-25-29)27-23(31)19-14-26-28-13-3-11-24-22(19)28/h2-5,10-14,16H,6-9H2,1H3,(H,27,31). The van der Waals surface area contributed by atoms with Gasteiger partial charge in [0.05, 0.1) is 18.1 Å². The first kappa shape index (κ1) is 19.2. The lowest BCUT2D eigenvalue weighted by molar-refractivity contribution is -0.120. The van der Waals surface area contributed by atoms with Gasteiger partial charge in [0.2, 0.25) is 0 Å². The number of rotatable bonds is 4. The first-order chi connectivity index (χ1) is 15.1. The summed E-state index contributed by atoms with van der Waals surface area (Å²) in [6, 6.07) is 9.71. The summed E-state index contributed by atoms with van der Waals surface area (Å²) >= 11 is 0. The predicted octanol–water partition coefficient (Wildman–Crippen LogP) is 3.70. The number of carbonyl (C=O) groups is 2. The van der Waals surface area contributed by atoms with Crippen LogP contribution in [0.1, 0.15) is 53.1 Å². The number of carbonyl (C=O) groups excluding carboxylic acids is 2. The number of fused-ring (bicyclic) bond motifs is 1. The van der Waals surface area contributed by atoms with Crippen molar-refractivity contribution in [3.05, 3.63) is 71.8 Å². The van der Waals surface area contributed by atoms with Crippen molar-refractivity contribution in [3.8, 4) is 5.69 Å². The lowest BCUT2D eigenvalue weighted by atomic mass is 9.82. The summed E-state index contributed by atoms with van der Waals surface area (Å²) in [5.41, 5.74) is 4.06. The molecule has 1 amide bonds. The lowest BCUT2D eigenvalue weighted by Crippen LogP contribution is -2.18. The maximum Gasteiger partial charge on any atom is 0.262 e. The number of ketones is 1. The zero-order valence-electron chi connectivity index (χ0n) is 17.2. The maximum absolute atomic E-state index is 13.0. The molecule has 3 aromatic heterocycles. The van der Waals surface area contributed by atoms with Crippen molar-refractivity contribution in [2.45, 2.75) is 38.5 Å². The van der Waals surface area contributed by atoms with E-state index in [2.05, 4.69) is 26.6 Å². The Balaban J connectivity index is 1.49. The Hall–Kier alpha value is -3.81. The fraction of sp³-hybridized carbons (Fsp3) is 0.261. The van der Waals surface area contributed by atoms with Gasteiger partial charge in [0.1, 0.15) is 17.2 Å². The van der Waals surface area contributed by atoms with Crippen molar-refractivity contribution in [2.24, 2.45) is 0 Å². The molecule has 1 N–H and O–H groups in total. The molecule has 0 saturated heterocycles. The Morgan fingerprint density at radius 2 is 1.94 bits per heavy atom. The lowest BCUT2D eigenvalue weighted by Gasteiger charge is -2.25. The van der Waals surface area contributed by atoms with Crippen molar-refractivity contribution in [1.82, 2.24) is 24.4 Å². The first-order valence-corrected chi connectivity index (χ1v) is 10.4. The van der Waals surface area contributed by atoms with Crippen LogP contribution in [0.4, 0.5) is 5.82 Å². The van der Waals surface area contributed by atoms with Gasteiger partial charge in [0, 0.05) is 31.3 Å². The Morgan fingerprint density at radius 1 is 1.10 bits per heavy atom. The van der Waals surface area contributed by atoms with E-state index < -0.39 is 0 Å². The van der Waals surface area contributed by atoms with Gasteiger partial charge in [-0.05, 0) is 42.9 Å². The number of aromatic nitrogens is 5. The zero-order chi connectivity index (χ0) is 21.4. The zero-order valence-corrected chi connectivity index (χ0v) is 17.2. The van der Waals surface area contributed by atoms with Crippen LogP contribution in [0.3, 0.4) is 0 Å². The molecule has 1 aromatic carbocycles. The SMILES string of the molecule is Cc1cccc(C2CCC(=O)CC2)c1-n1nccc1NC(=O)c1cnn2cccnc12. The van der Waals surface area contributed by atoms with Gasteiger partial charge >= 0.3 is 0 Å². The molecule has 0 radical (unpaired) electrons. The maximum atomic E-state index is 13.0. The van der Waals surface area contributed by atoms with E-state index in [-0.39, 0.29) is 5.91 Å². The normalized spacial score (nSPS) is 14.8. The van der Waals surface area contributed by atoms with Gasteiger partial charge in [-0.1, -0.05) is 18.2 Å². The molecule has 156 valence electrons. The topological polar surface area (TPSA) is 94.2 Å². The molecule has 1 aliphatic carbocycles. The molecule has 1 fully saturated rings. The molecule has 0 atom stereocenters. The smallest absolute Gasteiger partial charge is 0.262 e. The first-order valence-electron chi connectivity index (χ1n) is 10.4. The van der Waals surface area contributed by atoms with E-state index in [1.807, 2.05) is 19.1 Å². The number of hydrogen-bond acceptors (Lipinski definition) is 5. The number of nitrogens with zero attached hydrogens (tertiary/aromatic N) is 5. The Bertz CT molecular complexity index is 1280. The largest absolute Gasteiger partial charge is 0.306 e. The van der Waals surface area contributed by atoms with Gasteiger partial charge in [-0.3, -0.25) is 9.59 Å². The molecule has 0 spiro atoms. The van der Waals surface area contributed by atoms with Crippen LogP contribution in [0.25, 0.3) is 11.3 Å². The number of aryl methyl sites for hydroxylation is 1. The Morgan fingerprint density at radius 3 is 2.77 bits per heavy atom. The van der Waals surface area contributed by atoms with E-state index in [0.717, 1.165) is 29.7 Å². The number of hydrogen-bond donors (Lipinski definition) is 1. The van der Waals surface area contributed by atoms with Gasteiger partial charge in [0.25, 0.3) is 5.91 Å². The van der Waals surface area contributed by atoms with E-state index in [4.69, 9.17) is 0 Å². The fourth-order valence-corrected chi connectivity index (χ4v) is 4.30. The second-order valence-corrected chi connectivity index (χ2v) is 7.85. The van der Waals surface area contributed by atoms with E-state index in [9.17, 15) is 9.59 Å². The second-order valence-electron chi connectivity index (χ2n) is 7.85. The number of benzene rings is 1. The molecule has 8 nitrogen and oxygen atoms in total. The molecule has 0 unspecified atom stereocenters. The third-order valence-electron chi connectivity index (χ3n) is 5.87.